The molecule has 14 heteroatoms. The fourth-order valence-corrected chi connectivity index (χ4v) is 3.30. The monoisotopic (exact) mass is 502 g/mol. The molecule has 5 unspecified atom stereocenters. The molecule has 1 fully saturated rings. The molecule has 0 radical (unpaired) electrons. The first-order valence-electron chi connectivity index (χ1n) is 11.7. The van der Waals surface area contributed by atoms with E-state index in [0.717, 1.165) is 19.3 Å². The Balaban J connectivity index is 2.27. The van der Waals surface area contributed by atoms with Crippen molar-refractivity contribution in [3.05, 3.63) is 10.4 Å². The Hall–Kier alpha value is -2.48. The van der Waals surface area contributed by atoms with Gasteiger partial charge in [0, 0.05) is 25.0 Å². The molecule has 0 aromatic heterocycles. The first-order valence-corrected chi connectivity index (χ1v) is 11.7. The molecule has 1 rings (SSSR count). The minimum Gasteiger partial charge on any atom is -0.388 e. The van der Waals surface area contributed by atoms with Crippen molar-refractivity contribution in [2.24, 2.45) is 5.11 Å². The molecule has 0 aromatic carbocycles. The SMILES string of the molecule is CC(=O)NC1C(OCCCCCCNC(=O)CC(=O)NCOC(C)C)OC(CN=[N+]=[N-])C(O)C1O. The first kappa shape index (κ1) is 30.6. The highest BCUT2D eigenvalue weighted by atomic mass is 16.7. The minimum atomic E-state index is -1.36. The smallest absolute Gasteiger partial charge is 0.231 e. The van der Waals surface area contributed by atoms with E-state index in [0.29, 0.717) is 13.0 Å². The number of aliphatic hydroxyl groups excluding tert-OH is 2. The average molecular weight is 503 g/mol. The van der Waals surface area contributed by atoms with Gasteiger partial charge in [-0.1, -0.05) is 18.0 Å². The molecule has 1 aliphatic heterocycles. The highest BCUT2D eigenvalue weighted by Gasteiger charge is 2.45. The zero-order valence-electron chi connectivity index (χ0n) is 20.5. The molecule has 0 aromatic rings. The van der Waals surface area contributed by atoms with Crippen molar-refractivity contribution in [2.75, 3.05) is 26.4 Å². The van der Waals surface area contributed by atoms with Gasteiger partial charge in [-0.05, 0) is 32.2 Å². The number of nitrogens with zero attached hydrogens (tertiary/aromatic N) is 3. The molecule has 35 heavy (non-hydrogen) atoms. The summed E-state index contributed by atoms with van der Waals surface area (Å²) in [5, 5.41) is 31.6. The van der Waals surface area contributed by atoms with Gasteiger partial charge in [-0.3, -0.25) is 14.4 Å². The van der Waals surface area contributed by atoms with Gasteiger partial charge in [-0.15, -0.1) is 0 Å². The summed E-state index contributed by atoms with van der Waals surface area (Å²) in [5.41, 5.74) is 8.49. The summed E-state index contributed by atoms with van der Waals surface area (Å²) in [5.74, 6) is -1.18. The number of rotatable bonds is 16. The van der Waals surface area contributed by atoms with Crippen LogP contribution in [0.2, 0.25) is 0 Å². The summed E-state index contributed by atoms with van der Waals surface area (Å²) in [4.78, 5) is 37.5. The summed E-state index contributed by atoms with van der Waals surface area (Å²) < 4.78 is 16.5. The van der Waals surface area contributed by atoms with E-state index in [1.807, 2.05) is 13.8 Å². The number of nitrogens with one attached hydrogen (secondary N) is 3. The van der Waals surface area contributed by atoms with Crippen LogP contribution in [0.5, 0.6) is 0 Å². The zero-order valence-corrected chi connectivity index (χ0v) is 20.5. The van der Waals surface area contributed by atoms with Crippen LogP contribution in [0.1, 0.15) is 52.9 Å². The summed E-state index contributed by atoms with van der Waals surface area (Å²) in [6.45, 7) is 5.54. The lowest BCUT2D eigenvalue weighted by Crippen LogP contribution is -2.64. The molecule has 0 aliphatic carbocycles. The third-order valence-electron chi connectivity index (χ3n) is 5.08. The van der Waals surface area contributed by atoms with Gasteiger partial charge in [0.1, 0.15) is 31.4 Å². The van der Waals surface area contributed by atoms with E-state index in [-0.39, 0.29) is 38.3 Å². The van der Waals surface area contributed by atoms with Gasteiger partial charge in [-0.2, -0.15) is 0 Å². The summed E-state index contributed by atoms with van der Waals surface area (Å²) in [6, 6.07) is -0.978. The Morgan fingerprint density at radius 2 is 1.77 bits per heavy atom. The van der Waals surface area contributed by atoms with Gasteiger partial charge < -0.3 is 40.4 Å². The molecular formula is C21H38N6O8. The Bertz CT molecular complexity index is 718. The quantitative estimate of drug-likeness (QED) is 0.0477. The van der Waals surface area contributed by atoms with Gasteiger partial charge in [0.25, 0.3) is 0 Å². The van der Waals surface area contributed by atoms with E-state index < -0.39 is 42.5 Å². The number of unbranched alkanes of at least 4 members (excludes halogenated alkanes) is 3. The van der Waals surface area contributed by atoms with E-state index in [9.17, 15) is 24.6 Å². The van der Waals surface area contributed by atoms with E-state index in [2.05, 4.69) is 26.0 Å². The van der Waals surface area contributed by atoms with Gasteiger partial charge in [-0.25, -0.2) is 0 Å². The molecule has 5 N–H and O–H groups in total. The van der Waals surface area contributed by atoms with Crippen molar-refractivity contribution >= 4 is 17.7 Å². The summed E-state index contributed by atoms with van der Waals surface area (Å²) in [6.07, 6.45) is -2.01. The van der Waals surface area contributed by atoms with Crippen LogP contribution in [0.3, 0.4) is 0 Å². The van der Waals surface area contributed by atoms with E-state index in [1.54, 1.807) is 0 Å². The highest BCUT2D eigenvalue weighted by Crippen LogP contribution is 2.23. The molecule has 1 saturated heterocycles. The zero-order chi connectivity index (χ0) is 26.2. The molecule has 0 spiro atoms. The summed E-state index contributed by atoms with van der Waals surface area (Å²) in [7, 11) is 0. The van der Waals surface area contributed by atoms with E-state index in [1.165, 1.54) is 6.92 Å². The van der Waals surface area contributed by atoms with Crippen LogP contribution in [-0.4, -0.2) is 91.1 Å². The van der Waals surface area contributed by atoms with Crippen LogP contribution in [0.25, 0.3) is 10.4 Å². The van der Waals surface area contributed by atoms with Crippen molar-refractivity contribution in [1.29, 1.82) is 0 Å². The number of hydrogen-bond acceptors (Lipinski definition) is 9. The van der Waals surface area contributed by atoms with Crippen LogP contribution < -0.4 is 16.0 Å². The Morgan fingerprint density at radius 1 is 1.09 bits per heavy atom. The molecular weight excluding hydrogens is 464 g/mol. The Morgan fingerprint density at radius 3 is 2.43 bits per heavy atom. The predicted molar refractivity (Wildman–Crippen MR) is 124 cm³/mol. The van der Waals surface area contributed by atoms with Crippen molar-refractivity contribution in [1.82, 2.24) is 16.0 Å². The van der Waals surface area contributed by atoms with Crippen LogP contribution in [-0.2, 0) is 28.6 Å². The first-order chi connectivity index (χ1) is 16.6. The van der Waals surface area contributed by atoms with E-state index >= 15 is 0 Å². The second-order valence-corrected chi connectivity index (χ2v) is 8.44. The maximum absolute atomic E-state index is 11.8. The van der Waals surface area contributed by atoms with Gasteiger partial charge in [0.2, 0.25) is 17.7 Å². The fraction of sp³-hybridized carbons (Fsp3) is 0.857. The number of carbonyl (C=O) groups excluding carboxylic acids is 3. The topological polar surface area (TPSA) is 204 Å². The molecule has 3 amide bonds. The second kappa shape index (κ2) is 17.0. The molecule has 5 atom stereocenters. The number of ether oxygens (including phenoxy) is 3. The third kappa shape index (κ3) is 12.7. The normalized spacial score (nSPS) is 23.9. The lowest BCUT2D eigenvalue weighted by Gasteiger charge is -2.42. The fourth-order valence-electron chi connectivity index (χ4n) is 3.30. The van der Waals surface area contributed by atoms with Crippen molar-refractivity contribution in [2.45, 2.75) is 89.6 Å². The van der Waals surface area contributed by atoms with Crippen molar-refractivity contribution in [3.63, 3.8) is 0 Å². The van der Waals surface area contributed by atoms with Gasteiger partial charge >= 0.3 is 0 Å². The lowest BCUT2D eigenvalue weighted by molar-refractivity contribution is -0.262. The highest BCUT2D eigenvalue weighted by molar-refractivity contribution is 5.96. The largest absolute Gasteiger partial charge is 0.388 e. The van der Waals surface area contributed by atoms with Gasteiger partial charge in [0.15, 0.2) is 6.29 Å². The van der Waals surface area contributed by atoms with Crippen molar-refractivity contribution < 1.29 is 38.8 Å². The number of hydrogen-bond donors (Lipinski definition) is 5. The molecule has 200 valence electrons. The van der Waals surface area contributed by atoms with Crippen LogP contribution >= 0.6 is 0 Å². The standard InChI is InChI=1S/C21H38N6O8/c1-13(2)34-12-24-17(30)10-16(29)23-8-6-4-5-7-9-33-21-18(26-14(3)28)20(32)19(31)15(35-21)11-25-27-22/h13,15,18-21,31-32H,4-12H2,1-3H3,(H,23,29)(H,24,30)(H,26,28). The molecule has 0 saturated carbocycles. The lowest BCUT2D eigenvalue weighted by atomic mass is 9.96. The maximum atomic E-state index is 11.8. The number of azide groups is 1. The third-order valence-corrected chi connectivity index (χ3v) is 5.08. The molecule has 1 heterocycles. The molecule has 1 aliphatic rings. The molecule has 0 bridgehead atoms. The Labute approximate surface area is 204 Å². The number of aliphatic hydroxyl groups is 2. The minimum absolute atomic E-state index is 0.0103. The molecule has 14 nitrogen and oxygen atoms in total. The van der Waals surface area contributed by atoms with Gasteiger partial charge in [0.05, 0.1) is 18.8 Å². The van der Waals surface area contributed by atoms with Crippen LogP contribution in [0, 0.1) is 0 Å². The average Bonchev–Trinajstić information content (AvgIpc) is 2.78. The number of carbonyl (C=O) groups is 3. The van der Waals surface area contributed by atoms with Crippen LogP contribution in [0.15, 0.2) is 5.11 Å². The van der Waals surface area contributed by atoms with Crippen molar-refractivity contribution in [3.8, 4) is 0 Å². The van der Waals surface area contributed by atoms with E-state index in [4.69, 9.17) is 19.7 Å². The van der Waals surface area contributed by atoms with Crippen LogP contribution in [0.4, 0.5) is 0 Å². The summed E-state index contributed by atoms with van der Waals surface area (Å²) >= 11 is 0. The predicted octanol–water partition coefficient (Wildman–Crippen LogP) is -0.170. The second-order valence-electron chi connectivity index (χ2n) is 8.44. The maximum Gasteiger partial charge on any atom is 0.231 e. The Kier molecular flexibility index (Phi) is 14.9. The number of amides is 3.